The number of nitrogens with two attached hydrogens (primary N) is 1. The first-order chi connectivity index (χ1) is 6.47. The Balaban J connectivity index is 2.44. The van der Waals surface area contributed by atoms with Crippen LogP contribution in [-0.2, 0) is 4.74 Å². The lowest BCUT2D eigenvalue weighted by atomic mass is 9.73. The van der Waals surface area contributed by atoms with Gasteiger partial charge in [-0.1, -0.05) is 20.8 Å². The van der Waals surface area contributed by atoms with E-state index in [1.54, 1.807) is 0 Å². The van der Waals surface area contributed by atoms with Crippen molar-refractivity contribution >= 4 is 0 Å². The molecule has 0 radical (unpaired) electrons. The highest BCUT2D eigenvalue weighted by Crippen LogP contribution is 2.37. The fourth-order valence-electron chi connectivity index (χ4n) is 2.00. The van der Waals surface area contributed by atoms with E-state index in [9.17, 15) is 0 Å². The number of ether oxygens (including phenoxy) is 1. The molecule has 2 heteroatoms. The molecule has 84 valence electrons. The molecule has 2 nitrogen and oxygen atoms in total. The minimum atomic E-state index is 0.380. The van der Waals surface area contributed by atoms with Crippen LogP contribution >= 0.6 is 0 Å². The first kappa shape index (κ1) is 12.0. The zero-order valence-corrected chi connectivity index (χ0v) is 9.94. The minimum absolute atomic E-state index is 0.380. The Morgan fingerprint density at radius 1 is 1.21 bits per heavy atom. The second-order valence-corrected chi connectivity index (χ2v) is 5.88. The summed E-state index contributed by atoms with van der Waals surface area (Å²) in [6, 6.07) is 0. The summed E-state index contributed by atoms with van der Waals surface area (Å²) < 4.78 is 5.40. The molecule has 1 rings (SSSR count). The van der Waals surface area contributed by atoms with E-state index in [-0.39, 0.29) is 0 Å². The second-order valence-electron chi connectivity index (χ2n) is 5.88. The zero-order valence-electron chi connectivity index (χ0n) is 9.94. The van der Waals surface area contributed by atoms with Gasteiger partial charge in [0.1, 0.15) is 0 Å². The van der Waals surface area contributed by atoms with Gasteiger partial charge in [0.05, 0.1) is 0 Å². The van der Waals surface area contributed by atoms with E-state index in [1.165, 1.54) is 12.8 Å². The zero-order chi connectivity index (χ0) is 10.7. The monoisotopic (exact) mass is 199 g/mol. The van der Waals surface area contributed by atoms with Crippen LogP contribution in [0.5, 0.6) is 0 Å². The van der Waals surface area contributed by atoms with Crippen molar-refractivity contribution < 1.29 is 4.74 Å². The summed E-state index contributed by atoms with van der Waals surface area (Å²) >= 11 is 0. The lowest BCUT2D eigenvalue weighted by molar-refractivity contribution is 0.00954. The topological polar surface area (TPSA) is 35.2 Å². The summed E-state index contributed by atoms with van der Waals surface area (Å²) in [5, 5.41) is 0. The third kappa shape index (κ3) is 3.58. The first-order valence-corrected chi connectivity index (χ1v) is 5.75. The van der Waals surface area contributed by atoms with Crippen molar-refractivity contribution in [2.45, 2.75) is 46.5 Å². The van der Waals surface area contributed by atoms with Crippen LogP contribution < -0.4 is 5.73 Å². The van der Waals surface area contributed by atoms with Gasteiger partial charge in [-0.05, 0) is 43.1 Å². The van der Waals surface area contributed by atoms with Crippen molar-refractivity contribution in [1.29, 1.82) is 0 Å². The van der Waals surface area contributed by atoms with Gasteiger partial charge >= 0.3 is 0 Å². The van der Waals surface area contributed by atoms with Gasteiger partial charge in [-0.15, -0.1) is 0 Å². The number of rotatable bonds is 3. The molecule has 0 atom stereocenters. The van der Waals surface area contributed by atoms with Crippen molar-refractivity contribution in [1.82, 2.24) is 0 Å². The van der Waals surface area contributed by atoms with Crippen LogP contribution in [0.25, 0.3) is 0 Å². The third-order valence-electron chi connectivity index (χ3n) is 3.39. The smallest absolute Gasteiger partial charge is 0.0471 e. The van der Waals surface area contributed by atoms with Crippen molar-refractivity contribution in [3.63, 3.8) is 0 Å². The fraction of sp³-hybridized carbons (Fsp3) is 1.00. The van der Waals surface area contributed by atoms with Gasteiger partial charge in [0.15, 0.2) is 0 Å². The van der Waals surface area contributed by atoms with Gasteiger partial charge in [-0.2, -0.15) is 0 Å². The third-order valence-corrected chi connectivity index (χ3v) is 3.39. The molecule has 2 N–H and O–H groups in total. The second kappa shape index (κ2) is 4.63. The van der Waals surface area contributed by atoms with Crippen molar-refractivity contribution in [3.05, 3.63) is 0 Å². The van der Waals surface area contributed by atoms with Crippen LogP contribution in [0.4, 0.5) is 0 Å². The highest BCUT2D eigenvalue weighted by Gasteiger charge is 2.31. The predicted molar refractivity (Wildman–Crippen MR) is 60.2 cm³/mol. The van der Waals surface area contributed by atoms with Gasteiger partial charge in [0.2, 0.25) is 0 Å². The largest absolute Gasteiger partial charge is 0.381 e. The van der Waals surface area contributed by atoms with E-state index in [0.717, 1.165) is 32.6 Å². The van der Waals surface area contributed by atoms with Crippen LogP contribution in [0, 0.1) is 10.8 Å². The SMILES string of the molecule is CC(C)(C)CCC1(CN)CCOCC1. The molecule has 1 fully saturated rings. The maximum Gasteiger partial charge on any atom is 0.0471 e. The maximum absolute atomic E-state index is 5.91. The molecular formula is C12H25NO. The molecule has 0 saturated carbocycles. The normalized spacial score (nSPS) is 22.3. The number of hydrogen-bond donors (Lipinski definition) is 1. The van der Waals surface area contributed by atoms with E-state index >= 15 is 0 Å². The standard InChI is InChI=1S/C12H25NO/c1-11(2,3)4-5-12(10-13)6-8-14-9-7-12/h4-10,13H2,1-3H3. The Morgan fingerprint density at radius 3 is 2.21 bits per heavy atom. The highest BCUT2D eigenvalue weighted by atomic mass is 16.5. The van der Waals surface area contributed by atoms with Crippen molar-refractivity contribution in [3.8, 4) is 0 Å². The van der Waals surface area contributed by atoms with E-state index in [0.29, 0.717) is 10.8 Å². The molecule has 0 unspecified atom stereocenters. The van der Waals surface area contributed by atoms with E-state index in [1.807, 2.05) is 0 Å². The quantitative estimate of drug-likeness (QED) is 0.758. The van der Waals surface area contributed by atoms with Gasteiger partial charge in [-0.25, -0.2) is 0 Å². The van der Waals surface area contributed by atoms with Gasteiger partial charge in [0, 0.05) is 13.2 Å². The molecule has 0 aromatic heterocycles. The Hall–Kier alpha value is -0.0800. The lowest BCUT2D eigenvalue weighted by Crippen LogP contribution is -2.37. The molecular weight excluding hydrogens is 174 g/mol. The average Bonchev–Trinajstić information content (AvgIpc) is 2.15. The Labute approximate surface area is 88.2 Å². The molecule has 1 aliphatic rings. The summed E-state index contributed by atoms with van der Waals surface area (Å²) in [5.41, 5.74) is 6.72. The predicted octanol–water partition coefficient (Wildman–Crippen LogP) is 2.57. The summed E-state index contributed by atoms with van der Waals surface area (Å²) in [6.07, 6.45) is 4.83. The van der Waals surface area contributed by atoms with Crippen LogP contribution in [-0.4, -0.2) is 19.8 Å². The van der Waals surface area contributed by atoms with E-state index < -0.39 is 0 Å². The molecule has 1 saturated heterocycles. The fourth-order valence-corrected chi connectivity index (χ4v) is 2.00. The summed E-state index contributed by atoms with van der Waals surface area (Å²) in [4.78, 5) is 0. The van der Waals surface area contributed by atoms with Crippen LogP contribution in [0.3, 0.4) is 0 Å². The molecule has 0 amide bonds. The molecule has 0 aromatic rings. The van der Waals surface area contributed by atoms with Crippen LogP contribution in [0.2, 0.25) is 0 Å². The highest BCUT2D eigenvalue weighted by molar-refractivity contribution is 4.84. The van der Waals surface area contributed by atoms with Crippen molar-refractivity contribution in [2.75, 3.05) is 19.8 Å². The van der Waals surface area contributed by atoms with Crippen LogP contribution in [0.15, 0.2) is 0 Å². The maximum atomic E-state index is 5.91. The molecule has 0 bridgehead atoms. The molecule has 1 aliphatic heterocycles. The Morgan fingerprint density at radius 2 is 1.79 bits per heavy atom. The number of hydrogen-bond acceptors (Lipinski definition) is 2. The average molecular weight is 199 g/mol. The molecule has 0 aromatic carbocycles. The molecule has 0 aliphatic carbocycles. The summed E-state index contributed by atoms with van der Waals surface area (Å²) in [6.45, 7) is 9.54. The minimum Gasteiger partial charge on any atom is -0.381 e. The lowest BCUT2D eigenvalue weighted by Gasteiger charge is -2.38. The summed E-state index contributed by atoms with van der Waals surface area (Å²) in [5.74, 6) is 0. The molecule has 14 heavy (non-hydrogen) atoms. The van der Waals surface area contributed by atoms with Crippen LogP contribution in [0.1, 0.15) is 46.5 Å². The van der Waals surface area contributed by atoms with E-state index in [4.69, 9.17) is 10.5 Å². The van der Waals surface area contributed by atoms with Gasteiger partial charge in [0.25, 0.3) is 0 Å². The van der Waals surface area contributed by atoms with Gasteiger partial charge in [-0.3, -0.25) is 0 Å². The molecule has 0 spiro atoms. The Bertz CT molecular complexity index is 166. The van der Waals surface area contributed by atoms with E-state index in [2.05, 4.69) is 20.8 Å². The van der Waals surface area contributed by atoms with Gasteiger partial charge < -0.3 is 10.5 Å². The van der Waals surface area contributed by atoms with Crippen molar-refractivity contribution in [2.24, 2.45) is 16.6 Å². The molecule has 1 heterocycles. The summed E-state index contributed by atoms with van der Waals surface area (Å²) in [7, 11) is 0. The Kier molecular flexibility index (Phi) is 3.96. The first-order valence-electron chi connectivity index (χ1n) is 5.75.